The number of alkyl halides is 6. The molecule has 3 aromatic carbocycles. The standard InChI is InChI=1S/C29H22F6N2O5/c1-41-20-11-9-19(10-12-20)37-24(38)21-22(25(37)39)27(36-23(21)26(40)42-2,15-5-3-7-17(13-15)28(30,31)32)16-6-4-8-18(14-16)29(33,34)35/h3-14,21-23,36H,1-2H3/t21-,22+,23-/m1/s1. The molecule has 0 radical (unpaired) electrons. The number of hydrogen-bond donors (Lipinski definition) is 1. The summed E-state index contributed by atoms with van der Waals surface area (Å²) >= 11 is 0. The third-order valence-electron chi connectivity index (χ3n) is 7.64. The van der Waals surface area contributed by atoms with E-state index in [0.717, 1.165) is 36.3 Å². The number of anilines is 1. The Balaban J connectivity index is 1.80. The summed E-state index contributed by atoms with van der Waals surface area (Å²) in [5, 5.41) is 2.80. The fourth-order valence-corrected chi connectivity index (χ4v) is 5.80. The predicted molar refractivity (Wildman–Crippen MR) is 135 cm³/mol. The molecule has 3 atom stereocenters. The van der Waals surface area contributed by atoms with Gasteiger partial charge in [-0.05, 0) is 59.7 Å². The summed E-state index contributed by atoms with van der Waals surface area (Å²) in [6, 6.07) is 11.5. The van der Waals surface area contributed by atoms with Crippen molar-refractivity contribution >= 4 is 23.5 Å². The maximum atomic E-state index is 14.2. The Hall–Kier alpha value is -4.39. The molecule has 1 N–H and O–H groups in total. The Morgan fingerprint density at radius 3 is 1.79 bits per heavy atom. The molecule has 42 heavy (non-hydrogen) atoms. The number of amides is 2. The van der Waals surface area contributed by atoms with Gasteiger partial charge in [-0.3, -0.25) is 19.7 Å². The van der Waals surface area contributed by atoms with E-state index in [9.17, 15) is 40.7 Å². The Morgan fingerprint density at radius 2 is 1.33 bits per heavy atom. The lowest BCUT2D eigenvalue weighted by Crippen LogP contribution is -2.52. The van der Waals surface area contributed by atoms with E-state index in [1.165, 1.54) is 43.5 Å². The molecule has 2 fully saturated rings. The highest BCUT2D eigenvalue weighted by Crippen LogP contribution is 2.53. The summed E-state index contributed by atoms with van der Waals surface area (Å²) in [6.07, 6.45) is -9.70. The van der Waals surface area contributed by atoms with Crippen LogP contribution in [-0.2, 0) is 37.0 Å². The number of benzene rings is 3. The van der Waals surface area contributed by atoms with Gasteiger partial charge in [-0.1, -0.05) is 24.3 Å². The van der Waals surface area contributed by atoms with E-state index >= 15 is 0 Å². The highest BCUT2D eigenvalue weighted by atomic mass is 19.4. The van der Waals surface area contributed by atoms with E-state index < -0.39 is 64.7 Å². The number of hydrogen-bond acceptors (Lipinski definition) is 6. The quantitative estimate of drug-likeness (QED) is 0.257. The van der Waals surface area contributed by atoms with Gasteiger partial charge in [-0.15, -0.1) is 0 Å². The minimum absolute atomic E-state index is 0.0748. The van der Waals surface area contributed by atoms with Crippen molar-refractivity contribution in [1.29, 1.82) is 0 Å². The van der Waals surface area contributed by atoms with Crippen LogP contribution in [0.5, 0.6) is 5.75 Å². The number of carbonyl (C=O) groups is 3. The first-order valence-electron chi connectivity index (χ1n) is 12.5. The summed E-state index contributed by atoms with van der Waals surface area (Å²) in [4.78, 5) is 41.8. The van der Waals surface area contributed by atoms with E-state index in [0.29, 0.717) is 17.9 Å². The number of esters is 1. The monoisotopic (exact) mass is 592 g/mol. The Bertz CT molecular complexity index is 1500. The van der Waals surface area contributed by atoms with Crippen LogP contribution in [0.1, 0.15) is 22.3 Å². The minimum Gasteiger partial charge on any atom is -0.497 e. The lowest BCUT2D eigenvalue weighted by molar-refractivity contribution is -0.145. The molecule has 2 amide bonds. The van der Waals surface area contributed by atoms with E-state index in [4.69, 9.17) is 9.47 Å². The molecule has 3 aromatic rings. The second-order valence-corrected chi connectivity index (χ2v) is 9.82. The van der Waals surface area contributed by atoms with E-state index in [-0.39, 0.29) is 16.8 Å². The van der Waals surface area contributed by atoms with Gasteiger partial charge in [0.2, 0.25) is 11.8 Å². The predicted octanol–water partition coefficient (Wildman–Crippen LogP) is 4.93. The molecular weight excluding hydrogens is 570 g/mol. The Morgan fingerprint density at radius 1 is 0.810 bits per heavy atom. The van der Waals surface area contributed by atoms with E-state index in [1.807, 2.05) is 0 Å². The zero-order valence-electron chi connectivity index (χ0n) is 21.9. The number of fused-ring (bicyclic) bond motifs is 1. The van der Waals surface area contributed by atoms with Gasteiger partial charge in [0, 0.05) is 0 Å². The molecule has 5 rings (SSSR count). The van der Waals surface area contributed by atoms with Crippen LogP contribution in [0.2, 0.25) is 0 Å². The second kappa shape index (κ2) is 10.2. The third-order valence-corrected chi connectivity index (χ3v) is 7.64. The van der Waals surface area contributed by atoms with Crippen LogP contribution in [0.4, 0.5) is 32.0 Å². The van der Waals surface area contributed by atoms with Crippen molar-refractivity contribution < 1.29 is 50.2 Å². The van der Waals surface area contributed by atoms with Crippen LogP contribution in [0.15, 0.2) is 72.8 Å². The molecular formula is C29H22F6N2O5. The molecule has 0 unspecified atom stereocenters. The fraction of sp³-hybridized carbons (Fsp3) is 0.276. The van der Waals surface area contributed by atoms with Crippen LogP contribution >= 0.6 is 0 Å². The molecule has 2 aliphatic heterocycles. The maximum absolute atomic E-state index is 14.2. The van der Waals surface area contributed by atoms with Crippen molar-refractivity contribution in [3.8, 4) is 5.75 Å². The number of methoxy groups -OCH3 is 2. The van der Waals surface area contributed by atoms with Crippen LogP contribution in [0, 0.1) is 11.8 Å². The fourth-order valence-electron chi connectivity index (χ4n) is 5.80. The van der Waals surface area contributed by atoms with Gasteiger partial charge in [-0.2, -0.15) is 26.3 Å². The first kappa shape index (κ1) is 29.1. The van der Waals surface area contributed by atoms with Crippen molar-refractivity contribution in [1.82, 2.24) is 5.32 Å². The highest BCUT2D eigenvalue weighted by molar-refractivity contribution is 6.24. The largest absolute Gasteiger partial charge is 0.497 e. The average Bonchev–Trinajstić information content (AvgIpc) is 3.46. The zero-order valence-corrected chi connectivity index (χ0v) is 21.9. The summed E-state index contributed by atoms with van der Waals surface area (Å²) in [6.45, 7) is 0. The van der Waals surface area contributed by atoms with Gasteiger partial charge in [0.15, 0.2) is 0 Å². The van der Waals surface area contributed by atoms with Crippen molar-refractivity contribution in [2.45, 2.75) is 23.9 Å². The molecule has 7 nitrogen and oxygen atoms in total. The number of halogens is 6. The van der Waals surface area contributed by atoms with Crippen molar-refractivity contribution in [3.05, 3.63) is 95.1 Å². The van der Waals surface area contributed by atoms with Crippen molar-refractivity contribution in [3.63, 3.8) is 0 Å². The first-order valence-corrected chi connectivity index (χ1v) is 12.5. The smallest absolute Gasteiger partial charge is 0.416 e. The van der Waals surface area contributed by atoms with E-state index in [2.05, 4.69) is 5.32 Å². The van der Waals surface area contributed by atoms with Crippen molar-refractivity contribution in [2.75, 3.05) is 19.1 Å². The average molecular weight is 592 g/mol. The maximum Gasteiger partial charge on any atom is 0.416 e. The topological polar surface area (TPSA) is 84.9 Å². The Labute approximate surface area is 235 Å². The van der Waals surface area contributed by atoms with Crippen molar-refractivity contribution in [2.24, 2.45) is 11.8 Å². The van der Waals surface area contributed by atoms with Gasteiger partial charge >= 0.3 is 18.3 Å². The number of nitrogens with zero attached hydrogens (tertiary/aromatic N) is 1. The number of rotatable bonds is 5. The zero-order chi connectivity index (χ0) is 30.6. The second-order valence-electron chi connectivity index (χ2n) is 9.82. The summed E-state index contributed by atoms with van der Waals surface area (Å²) in [7, 11) is 2.41. The summed E-state index contributed by atoms with van der Waals surface area (Å²) in [5.41, 5.74) is -4.93. The third kappa shape index (κ3) is 4.57. The molecule has 0 bridgehead atoms. The number of nitrogens with one attached hydrogen (secondary N) is 1. The molecule has 0 spiro atoms. The van der Waals surface area contributed by atoms with E-state index in [1.54, 1.807) is 0 Å². The van der Waals surface area contributed by atoms with Gasteiger partial charge < -0.3 is 9.47 Å². The van der Waals surface area contributed by atoms with Gasteiger partial charge in [-0.25, -0.2) is 4.90 Å². The van der Waals surface area contributed by atoms with Crippen LogP contribution < -0.4 is 15.0 Å². The summed E-state index contributed by atoms with van der Waals surface area (Å²) < 4.78 is 93.0. The van der Waals surface area contributed by atoms with Crippen LogP contribution in [0.3, 0.4) is 0 Å². The molecule has 13 heteroatoms. The molecule has 2 aliphatic rings. The van der Waals surface area contributed by atoms with Crippen LogP contribution in [-0.4, -0.2) is 38.0 Å². The first-order chi connectivity index (χ1) is 19.7. The SMILES string of the molecule is COC(=O)[C@@H]1NC(c2cccc(C(F)(F)F)c2)(c2cccc(C(F)(F)F)c2)[C@@H]2C(=O)N(c3ccc(OC)cc3)C(=O)[C@H]21. The number of carbonyl (C=O) groups excluding carboxylic acids is 3. The normalized spacial score (nSPS) is 21.8. The number of imide groups is 1. The lowest BCUT2D eigenvalue weighted by atomic mass is 9.71. The van der Waals surface area contributed by atoms with Gasteiger partial charge in [0.1, 0.15) is 11.8 Å². The van der Waals surface area contributed by atoms with Gasteiger partial charge in [0.05, 0.1) is 48.4 Å². The molecule has 2 heterocycles. The molecule has 220 valence electrons. The number of ether oxygens (including phenoxy) is 2. The summed E-state index contributed by atoms with van der Waals surface area (Å²) in [5.74, 6) is -5.60. The molecule has 0 aliphatic carbocycles. The Kier molecular flexibility index (Phi) is 7.04. The molecule has 2 saturated heterocycles. The highest BCUT2D eigenvalue weighted by Gasteiger charge is 2.68. The van der Waals surface area contributed by atoms with Gasteiger partial charge in [0.25, 0.3) is 0 Å². The minimum atomic E-state index is -4.85. The molecule has 0 aromatic heterocycles. The van der Waals surface area contributed by atoms with Crippen LogP contribution in [0.25, 0.3) is 0 Å². The lowest BCUT2D eigenvalue weighted by Gasteiger charge is -2.37. The molecule has 0 saturated carbocycles.